The average Bonchev–Trinajstić information content (AvgIpc) is 2.71. The highest BCUT2D eigenvalue weighted by molar-refractivity contribution is 6.32. The predicted octanol–water partition coefficient (Wildman–Crippen LogP) is 4.99. The van der Waals surface area contributed by atoms with Crippen molar-refractivity contribution in [3.8, 4) is 23.2 Å². The van der Waals surface area contributed by atoms with Gasteiger partial charge >= 0.3 is 5.97 Å². The molecule has 0 fully saturated rings. The van der Waals surface area contributed by atoms with Crippen LogP contribution in [0.3, 0.4) is 0 Å². The molecule has 1 aromatic heterocycles. The number of carbonyl (C=O) groups is 1. The van der Waals surface area contributed by atoms with Gasteiger partial charge in [0.25, 0.3) is 0 Å². The van der Waals surface area contributed by atoms with E-state index in [0.717, 1.165) is 11.6 Å². The minimum atomic E-state index is -1.36. The van der Waals surface area contributed by atoms with Crippen LogP contribution in [0.15, 0.2) is 53.3 Å². The molecule has 0 saturated heterocycles. The molecule has 2 aromatic carbocycles. The lowest BCUT2D eigenvalue weighted by atomic mass is 10.0. The van der Waals surface area contributed by atoms with E-state index in [-0.39, 0.29) is 28.8 Å². The summed E-state index contributed by atoms with van der Waals surface area (Å²) in [5, 5.41) is 19.5. The summed E-state index contributed by atoms with van der Waals surface area (Å²) >= 11 is 12.1. The Bertz CT molecular complexity index is 1230. The number of rotatable bonds is 6. The molecule has 3 aromatic rings. The summed E-state index contributed by atoms with van der Waals surface area (Å²) in [5.41, 5.74) is 0.504. The van der Waals surface area contributed by atoms with Gasteiger partial charge in [-0.05, 0) is 36.8 Å². The summed E-state index contributed by atoms with van der Waals surface area (Å²) in [6, 6.07) is 14.7. The highest BCUT2D eigenvalue weighted by Crippen LogP contribution is 2.30. The fourth-order valence-corrected chi connectivity index (χ4v) is 3.54. The van der Waals surface area contributed by atoms with Crippen LogP contribution in [0.25, 0.3) is 11.3 Å². The topological polar surface area (TPSA) is 92.3 Å². The summed E-state index contributed by atoms with van der Waals surface area (Å²) in [6.45, 7) is 2.27. The summed E-state index contributed by atoms with van der Waals surface area (Å²) in [5.74, 6) is -1.15. The monoisotopic (exact) mass is 442 g/mol. The first-order chi connectivity index (χ1) is 14.3. The van der Waals surface area contributed by atoms with Crippen molar-refractivity contribution in [2.45, 2.75) is 20.1 Å². The van der Waals surface area contributed by atoms with Gasteiger partial charge in [-0.25, -0.2) is 4.79 Å². The number of hydrogen-bond acceptors (Lipinski definition) is 4. The second kappa shape index (κ2) is 9.04. The van der Waals surface area contributed by atoms with Crippen LogP contribution < -0.4 is 10.2 Å². The number of aromatic carboxylic acids is 1. The Morgan fingerprint density at radius 3 is 2.57 bits per heavy atom. The Hall–Kier alpha value is -3.27. The molecule has 0 saturated carbocycles. The second-order valence-electron chi connectivity index (χ2n) is 6.34. The smallest absolute Gasteiger partial charge is 0.341 e. The maximum atomic E-state index is 12.6. The van der Waals surface area contributed by atoms with Crippen molar-refractivity contribution in [3.63, 3.8) is 0 Å². The Labute approximate surface area is 182 Å². The second-order valence-corrected chi connectivity index (χ2v) is 7.19. The van der Waals surface area contributed by atoms with Crippen LogP contribution in [0.4, 0.5) is 0 Å². The van der Waals surface area contributed by atoms with E-state index < -0.39 is 17.0 Å². The zero-order valence-electron chi connectivity index (χ0n) is 15.9. The number of carboxylic acid groups (broad SMARTS) is 1. The zero-order chi connectivity index (χ0) is 21.8. The third kappa shape index (κ3) is 4.33. The molecule has 0 bridgehead atoms. The minimum absolute atomic E-state index is 0.139. The van der Waals surface area contributed by atoms with Gasteiger partial charge in [-0.3, -0.25) is 4.79 Å². The number of ether oxygens (including phenoxy) is 1. The molecule has 30 heavy (non-hydrogen) atoms. The predicted molar refractivity (Wildman–Crippen MR) is 114 cm³/mol. The van der Waals surface area contributed by atoms with Gasteiger partial charge in [0.15, 0.2) is 5.88 Å². The lowest BCUT2D eigenvalue weighted by molar-refractivity contribution is 0.0695. The van der Waals surface area contributed by atoms with E-state index in [2.05, 4.69) is 0 Å². The molecule has 0 aliphatic carbocycles. The van der Waals surface area contributed by atoms with E-state index in [0.29, 0.717) is 17.1 Å². The first kappa shape index (κ1) is 21.4. The molecule has 0 aliphatic rings. The zero-order valence-corrected chi connectivity index (χ0v) is 17.4. The number of benzene rings is 2. The standard InChI is InChI=1S/C22H16Cl2N2O4/c1-2-26-19(30-12-13-4-3-5-16(23)8-13)10-18(27)20(22(28)29)21(26)14-6-7-15(11-25)17(24)9-14/h3-10H,2,12H2,1H3,(H,28,29). The highest BCUT2D eigenvalue weighted by Gasteiger charge is 2.23. The van der Waals surface area contributed by atoms with E-state index in [4.69, 9.17) is 33.2 Å². The molecule has 3 rings (SSSR count). The first-order valence-electron chi connectivity index (χ1n) is 8.94. The van der Waals surface area contributed by atoms with Gasteiger partial charge in [-0.1, -0.05) is 41.4 Å². The summed E-state index contributed by atoms with van der Waals surface area (Å²) in [4.78, 5) is 24.5. The molecule has 0 amide bonds. The first-order valence-corrected chi connectivity index (χ1v) is 9.69. The number of nitriles is 1. The number of pyridine rings is 1. The van der Waals surface area contributed by atoms with Gasteiger partial charge in [0, 0.05) is 23.2 Å². The van der Waals surface area contributed by atoms with E-state index >= 15 is 0 Å². The molecular weight excluding hydrogens is 427 g/mol. The normalized spacial score (nSPS) is 10.5. The molecule has 0 atom stereocenters. The fourth-order valence-electron chi connectivity index (χ4n) is 3.10. The van der Waals surface area contributed by atoms with Crippen LogP contribution in [-0.2, 0) is 13.2 Å². The molecule has 0 radical (unpaired) electrons. The number of aromatic nitrogens is 1. The van der Waals surface area contributed by atoms with Crippen molar-refractivity contribution in [2.75, 3.05) is 0 Å². The summed E-state index contributed by atoms with van der Waals surface area (Å²) < 4.78 is 7.44. The van der Waals surface area contributed by atoms with Gasteiger partial charge < -0.3 is 14.4 Å². The van der Waals surface area contributed by atoms with Gasteiger partial charge in [-0.2, -0.15) is 5.26 Å². The van der Waals surface area contributed by atoms with Crippen molar-refractivity contribution < 1.29 is 14.6 Å². The molecule has 0 aliphatic heterocycles. The van der Waals surface area contributed by atoms with E-state index in [1.807, 2.05) is 12.1 Å². The van der Waals surface area contributed by atoms with Crippen molar-refractivity contribution >= 4 is 29.2 Å². The van der Waals surface area contributed by atoms with Crippen LogP contribution >= 0.6 is 23.2 Å². The maximum absolute atomic E-state index is 12.6. The van der Waals surface area contributed by atoms with Gasteiger partial charge in [0.1, 0.15) is 18.2 Å². The Balaban J connectivity index is 2.16. The number of halogens is 2. The van der Waals surface area contributed by atoms with Crippen LogP contribution in [0.1, 0.15) is 28.4 Å². The van der Waals surface area contributed by atoms with Crippen LogP contribution in [0.5, 0.6) is 5.88 Å². The van der Waals surface area contributed by atoms with Crippen LogP contribution in [0, 0.1) is 11.3 Å². The van der Waals surface area contributed by atoms with E-state index in [1.54, 1.807) is 35.8 Å². The van der Waals surface area contributed by atoms with Gasteiger partial charge in [0.2, 0.25) is 5.43 Å². The summed E-state index contributed by atoms with van der Waals surface area (Å²) in [7, 11) is 0. The van der Waals surface area contributed by atoms with Crippen molar-refractivity contribution in [2.24, 2.45) is 0 Å². The lowest BCUT2D eigenvalue weighted by Crippen LogP contribution is -2.22. The van der Waals surface area contributed by atoms with Crippen LogP contribution in [-0.4, -0.2) is 15.6 Å². The van der Waals surface area contributed by atoms with Crippen molar-refractivity contribution in [1.82, 2.24) is 4.57 Å². The van der Waals surface area contributed by atoms with E-state index in [9.17, 15) is 14.7 Å². The molecule has 0 spiro atoms. The largest absolute Gasteiger partial charge is 0.477 e. The molecule has 6 nitrogen and oxygen atoms in total. The maximum Gasteiger partial charge on any atom is 0.341 e. The van der Waals surface area contributed by atoms with Gasteiger partial charge in [-0.15, -0.1) is 0 Å². The Morgan fingerprint density at radius 2 is 1.97 bits per heavy atom. The van der Waals surface area contributed by atoms with E-state index in [1.165, 1.54) is 12.1 Å². The molecule has 1 N–H and O–H groups in total. The molecular formula is C22H16Cl2N2O4. The van der Waals surface area contributed by atoms with Crippen molar-refractivity contribution in [1.29, 1.82) is 5.26 Å². The molecule has 8 heteroatoms. The highest BCUT2D eigenvalue weighted by atomic mass is 35.5. The number of carboxylic acids is 1. The third-order valence-electron chi connectivity index (χ3n) is 4.44. The quantitative estimate of drug-likeness (QED) is 0.580. The molecule has 1 heterocycles. The SMILES string of the molecule is CCn1c(OCc2cccc(Cl)c2)cc(=O)c(C(=O)O)c1-c1ccc(C#N)c(Cl)c1. The van der Waals surface area contributed by atoms with Gasteiger partial charge in [0.05, 0.1) is 16.3 Å². The molecule has 152 valence electrons. The summed E-state index contributed by atoms with van der Waals surface area (Å²) in [6.07, 6.45) is 0. The molecule has 0 unspecified atom stereocenters. The Morgan fingerprint density at radius 1 is 1.20 bits per heavy atom. The van der Waals surface area contributed by atoms with Crippen LogP contribution in [0.2, 0.25) is 10.0 Å². The minimum Gasteiger partial charge on any atom is -0.477 e. The Kier molecular flexibility index (Phi) is 6.46. The van der Waals surface area contributed by atoms with Crippen molar-refractivity contribution in [3.05, 3.63) is 85.5 Å². The average molecular weight is 443 g/mol. The lowest BCUT2D eigenvalue weighted by Gasteiger charge is -2.20. The number of hydrogen-bond donors (Lipinski definition) is 1. The third-order valence-corrected chi connectivity index (χ3v) is 4.99. The number of nitrogens with zero attached hydrogens (tertiary/aromatic N) is 2. The fraction of sp³-hybridized carbons (Fsp3) is 0.136.